The van der Waals surface area contributed by atoms with Gasteiger partial charge in [0.1, 0.15) is 0 Å². The van der Waals surface area contributed by atoms with Gasteiger partial charge in [0.05, 0.1) is 5.52 Å². The second-order valence-corrected chi connectivity index (χ2v) is 6.66. The molecule has 6 heteroatoms. The largest absolute Gasteiger partial charge is 0.351 e. The quantitative estimate of drug-likeness (QED) is 0.760. The van der Waals surface area contributed by atoms with Gasteiger partial charge >= 0.3 is 0 Å². The molecule has 0 saturated heterocycles. The topological polar surface area (TPSA) is 75.5 Å². The maximum atomic E-state index is 12.6. The number of hydrogen-bond acceptors (Lipinski definition) is 3. The van der Waals surface area contributed by atoms with Crippen LogP contribution in [0.3, 0.4) is 0 Å². The van der Waals surface area contributed by atoms with Crippen molar-refractivity contribution in [3.05, 3.63) is 35.9 Å². The Balaban J connectivity index is 1.79. The number of nitrogens with zero attached hydrogens (tertiary/aromatic N) is 2. The van der Waals surface area contributed by atoms with Crippen LogP contribution in [0.4, 0.5) is 0 Å². The zero-order valence-electron chi connectivity index (χ0n) is 14.8. The number of aromatic nitrogens is 2. The average Bonchev–Trinajstić information content (AvgIpc) is 3.26. The Labute approximate surface area is 148 Å². The molecular formula is C19H26N4O2. The summed E-state index contributed by atoms with van der Waals surface area (Å²) < 4.78 is 1.70. The molecule has 0 unspecified atom stereocenters. The molecule has 2 aromatic rings. The van der Waals surface area contributed by atoms with Crippen LogP contribution in [0.1, 0.15) is 73.0 Å². The molecule has 0 aromatic carbocycles. The van der Waals surface area contributed by atoms with Crippen molar-refractivity contribution in [1.29, 1.82) is 0 Å². The Morgan fingerprint density at radius 1 is 1.20 bits per heavy atom. The van der Waals surface area contributed by atoms with Gasteiger partial charge in [0.25, 0.3) is 11.8 Å². The molecule has 1 aliphatic carbocycles. The number of imidazole rings is 1. The highest BCUT2D eigenvalue weighted by molar-refractivity contribution is 6.02. The third-order valence-electron chi connectivity index (χ3n) is 4.72. The highest BCUT2D eigenvalue weighted by atomic mass is 16.2. The molecule has 1 saturated carbocycles. The summed E-state index contributed by atoms with van der Waals surface area (Å²) in [5, 5.41) is 5.95. The van der Waals surface area contributed by atoms with Gasteiger partial charge in [-0.25, -0.2) is 4.98 Å². The zero-order valence-corrected chi connectivity index (χ0v) is 14.8. The highest BCUT2D eigenvalue weighted by Crippen LogP contribution is 2.19. The van der Waals surface area contributed by atoms with Crippen molar-refractivity contribution in [3.8, 4) is 0 Å². The molecule has 2 N–H and O–H groups in total. The molecule has 134 valence electrons. The molecule has 2 aromatic heterocycles. The fourth-order valence-electron chi connectivity index (χ4n) is 3.35. The van der Waals surface area contributed by atoms with E-state index in [1.54, 1.807) is 10.6 Å². The molecule has 2 amide bonds. The van der Waals surface area contributed by atoms with Gasteiger partial charge in [-0.1, -0.05) is 38.7 Å². The van der Waals surface area contributed by atoms with Gasteiger partial charge in [-0.2, -0.15) is 0 Å². The first-order valence-corrected chi connectivity index (χ1v) is 9.27. The molecule has 25 heavy (non-hydrogen) atoms. The molecule has 0 bridgehead atoms. The number of fused-ring (bicyclic) bond motifs is 1. The van der Waals surface area contributed by atoms with E-state index >= 15 is 0 Å². The number of carbonyl (C=O) groups excluding carboxylic acids is 2. The average molecular weight is 342 g/mol. The van der Waals surface area contributed by atoms with Crippen molar-refractivity contribution >= 4 is 17.3 Å². The lowest BCUT2D eigenvalue weighted by Gasteiger charge is -2.10. The first-order valence-electron chi connectivity index (χ1n) is 9.27. The van der Waals surface area contributed by atoms with Gasteiger partial charge in [-0.15, -0.1) is 0 Å². The summed E-state index contributed by atoms with van der Waals surface area (Å²) in [5.41, 5.74) is 0.973. The number of nitrogens with one attached hydrogen (secondary N) is 2. The Morgan fingerprint density at radius 3 is 2.76 bits per heavy atom. The van der Waals surface area contributed by atoms with Crippen LogP contribution in [-0.4, -0.2) is 33.8 Å². The van der Waals surface area contributed by atoms with Crippen molar-refractivity contribution in [2.24, 2.45) is 0 Å². The van der Waals surface area contributed by atoms with Crippen molar-refractivity contribution in [1.82, 2.24) is 20.0 Å². The van der Waals surface area contributed by atoms with Gasteiger partial charge in [0, 0.05) is 18.8 Å². The van der Waals surface area contributed by atoms with Crippen molar-refractivity contribution in [3.63, 3.8) is 0 Å². The monoisotopic (exact) mass is 342 g/mol. The lowest BCUT2D eigenvalue weighted by Crippen LogP contribution is -2.34. The molecule has 0 radical (unpaired) electrons. The summed E-state index contributed by atoms with van der Waals surface area (Å²) in [6.07, 6.45) is 9.24. The first kappa shape index (κ1) is 17.5. The minimum atomic E-state index is -0.222. The summed E-state index contributed by atoms with van der Waals surface area (Å²) in [5.74, 6) is -0.154. The fourth-order valence-corrected chi connectivity index (χ4v) is 3.35. The molecular weight excluding hydrogens is 316 g/mol. The van der Waals surface area contributed by atoms with Crippen molar-refractivity contribution < 1.29 is 9.59 Å². The first-order chi connectivity index (χ1) is 12.2. The second kappa shape index (κ2) is 8.14. The Morgan fingerprint density at radius 2 is 2.00 bits per heavy atom. The Hall–Kier alpha value is -2.37. The fraction of sp³-hybridized carbons (Fsp3) is 0.526. The van der Waals surface area contributed by atoms with E-state index < -0.39 is 0 Å². The van der Waals surface area contributed by atoms with E-state index in [9.17, 15) is 9.59 Å². The zero-order chi connectivity index (χ0) is 17.6. The van der Waals surface area contributed by atoms with E-state index in [-0.39, 0.29) is 23.7 Å². The minimum absolute atomic E-state index is 0.210. The second-order valence-electron chi connectivity index (χ2n) is 6.66. The van der Waals surface area contributed by atoms with Gasteiger partial charge in [0.2, 0.25) is 5.82 Å². The third-order valence-corrected chi connectivity index (χ3v) is 4.72. The predicted octanol–water partition coefficient (Wildman–Crippen LogP) is 2.93. The van der Waals surface area contributed by atoms with Gasteiger partial charge < -0.3 is 10.6 Å². The summed E-state index contributed by atoms with van der Waals surface area (Å²) in [7, 11) is 0. The standard InChI is InChI=1S/C19H26N4O2/c1-2-3-7-12-20-18(24)16-15-11-6-8-13-23(15)17(22-16)19(25)21-14-9-4-5-10-14/h6,8,11,13-14H,2-5,7,9-10,12H2,1H3,(H,20,24)(H,21,25). The smallest absolute Gasteiger partial charge is 0.287 e. The highest BCUT2D eigenvalue weighted by Gasteiger charge is 2.24. The molecule has 3 rings (SSSR count). The van der Waals surface area contributed by atoms with Crippen LogP contribution in [0.15, 0.2) is 24.4 Å². The van der Waals surface area contributed by atoms with Crippen LogP contribution < -0.4 is 10.6 Å². The minimum Gasteiger partial charge on any atom is -0.351 e. The summed E-state index contributed by atoms with van der Waals surface area (Å²) in [6, 6.07) is 5.73. The number of rotatable bonds is 7. The Kier molecular flexibility index (Phi) is 5.68. The maximum absolute atomic E-state index is 12.6. The normalized spacial score (nSPS) is 14.8. The lowest BCUT2D eigenvalue weighted by molar-refractivity contribution is 0.0926. The number of pyridine rings is 1. The number of carbonyl (C=O) groups is 2. The Bertz CT molecular complexity index is 747. The van der Waals surface area contributed by atoms with Crippen LogP contribution in [-0.2, 0) is 0 Å². The van der Waals surface area contributed by atoms with E-state index in [2.05, 4.69) is 22.5 Å². The lowest BCUT2D eigenvalue weighted by atomic mass is 10.2. The van der Waals surface area contributed by atoms with E-state index in [0.717, 1.165) is 44.9 Å². The molecule has 6 nitrogen and oxygen atoms in total. The molecule has 1 aliphatic rings. The summed E-state index contributed by atoms with van der Waals surface area (Å²) >= 11 is 0. The van der Waals surface area contributed by atoms with Gasteiger partial charge in [-0.05, 0) is 31.4 Å². The van der Waals surface area contributed by atoms with Crippen LogP contribution in [0.25, 0.3) is 5.52 Å². The van der Waals surface area contributed by atoms with Crippen LogP contribution in [0, 0.1) is 0 Å². The van der Waals surface area contributed by atoms with Gasteiger partial charge in [-0.3, -0.25) is 14.0 Å². The summed E-state index contributed by atoms with van der Waals surface area (Å²) in [4.78, 5) is 29.5. The number of hydrogen-bond donors (Lipinski definition) is 2. The molecule has 2 heterocycles. The van der Waals surface area contributed by atoms with E-state index in [1.807, 2.05) is 18.2 Å². The molecule has 0 aliphatic heterocycles. The molecule has 1 fully saturated rings. The van der Waals surface area contributed by atoms with Crippen LogP contribution >= 0.6 is 0 Å². The van der Waals surface area contributed by atoms with Crippen LogP contribution in [0.2, 0.25) is 0 Å². The van der Waals surface area contributed by atoms with Crippen molar-refractivity contribution in [2.45, 2.75) is 57.9 Å². The van der Waals surface area contributed by atoms with Gasteiger partial charge in [0.15, 0.2) is 5.69 Å². The predicted molar refractivity (Wildman–Crippen MR) is 96.8 cm³/mol. The van der Waals surface area contributed by atoms with Crippen LogP contribution in [0.5, 0.6) is 0 Å². The number of unbranched alkanes of at least 4 members (excludes halogenated alkanes) is 2. The SMILES string of the molecule is CCCCCNC(=O)c1nc(C(=O)NC2CCCC2)n2ccccc12. The molecule has 0 atom stereocenters. The summed E-state index contributed by atoms with van der Waals surface area (Å²) in [6.45, 7) is 2.75. The number of amides is 2. The van der Waals surface area contributed by atoms with E-state index in [4.69, 9.17) is 0 Å². The van der Waals surface area contributed by atoms with E-state index in [1.165, 1.54) is 0 Å². The third kappa shape index (κ3) is 4.00. The molecule has 0 spiro atoms. The maximum Gasteiger partial charge on any atom is 0.287 e. The van der Waals surface area contributed by atoms with Crippen molar-refractivity contribution in [2.75, 3.05) is 6.54 Å². The van der Waals surface area contributed by atoms with E-state index in [0.29, 0.717) is 17.8 Å².